The Morgan fingerprint density at radius 3 is 2.67 bits per heavy atom. The Labute approximate surface area is 114 Å². The van der Waals surface area contributed by atoms with E-state index in [0.29, 0.717) is 12.6 Å². The molecule has 1 aliphatic rings. The van der Waals surface area contributed by atoms with E-state index in [1.807, 2.05) is 10.9 Å². The summed E-state index contributed by atoms with van der Waals surface area (Å²) in [7, 11) is 0. The number of halogens is 1. The summed E-state index contributed by atoms with van der Waals surface area (Å²) in [4.78, 5) is 2.51. The van der Waals surface area contributed by atoms with Gasteiger partial charge in [-0.05, 0) is 38.6 Å². The minimum Gasteiger partial charge on any atom is -0.396 e. The molecule has 1 aromatic heterocycles. The molecule has 0 radical (unpaired) electrons. The van der Waals surface area contributed by atoms with Crippen LogP contribution in [0, 0.1) is 0 Å². The lowest BCUT2D eigenvalue weighted by molar-refractivity contribution is 0.175. The fourth-order valence-electron chi connectivity index (χ4n) is 2.55. The summed E-state index contributed by atoms with van der Waals surface area (Å²) < 4.78 is 2.01. The van der Waals surface area contributed by atoms with Gasteiger partial charge in [-0.3, -0.25) is 4.68 Å². The van der Waals surface area contributed by atoms with E-state index < -0.39 is 0 Å². The zero-order valence-electron chi connectivity index (χ0n) is 10.8. The Kier molecular flexibility index (Phi) is 5.47. The quantitative estimate of drug-likeness (QED) is 0.808. The molecule has 5 heteroatoms. The maximum Gasteiger partial charge on any atom is 0.0785 e. The number of piperidine rings is 1. The Bertz CT molecular complexity index is 348. The van der Waals surface area contributed by atoms with Crippen LogP contribution in [-0.4, -0.2) is 46.0 Å². The second-order valence-electron chi connectivity index (χ2n) is 5.00. The molecule has 0 spiro atoms. The van der Waals surface area contributed by atoms with Crippen LogP contribution in [0.25, 0.3) is 0 Å². The van der Waals surface area contributed by atoms with Crippen LogP contribution >= 0.6 is 11.6 Å². The highest BCUT2D eigenvalue weighted by Gasteiger charge is 2.20. The van der Waals surface area contributed by atoms with E-state index in [-0.39, 0.29) is 0 Å². The maximum absolute atomic E-state index is 8.73. The average Bonchev–Trinajstić information content (AvgIpc) is 2.82. The summed E-state index contributed by atoms with van der Waals surface area (Å²) in [6.07, 6.45) is 9.19. The topological polar surface area (TPSA) is 41.3 Å². The summed E-state index contributed by atoms with van der Waals surface area (Å²) in [5.41, 5.74) is 0. The third-order valence-corrected chi connectivity index (χ3v) is 3.83. The number of hydrogen-bond donors (Lipinski definition) is 1. The van der Waals surface area contributed by atoms with E-state index in [0.717, 1.165) is 50.3 Å². The van der Waals surface area contributed by atoms with Crippen molar-refractivity contribution in [2.45, 2.75) is 38.1 Å². The number of hydrogen-bond acceptors (Lipinski definition) is 3. The molecular formula is C13H22ClN3O. The third kappa shape index (κ3) is 3.97. The molecule has 102 valence electrons. The molecule has 1 fully saturated rings. The van der Waals surface area contributed by atoms with Crippen LogP contribution in [0.3, 0.4) is 0 Å². The Balaban J connectivity index is 1.68. The van der Waals surface area contributed by atoms with Crippen molar-refractivity contribution in [1.29, 1.82) is 0 Å². The smallest absolute Gasteiger partial charge is 0.0785 e. The molecule has 0 bridgehead atoms. The molecule has 0 saturated carbocycles. The molecular weight excluding hydrogens is 250 g/mol. The van der Waals surface area contributed by atoms with E-state index >= 15 is 0 Å². The van der Waals surface area contributed by atoms with E-state index in [1.165, 1.54) is 6.42 Å². The Morgan fingerprint density at radius 1 is 1.28 bits per heavy atom. The molecule has 4 nitrogen and oxygen atoms in total. The number of aliphatic hydroxyl groups excluding tert-OH is 1. The first kappa shape index (κ1) is 13.8. The van der Waals surface area contributed by atoms with Gasteiger partial charge in [-0.15, -0.1) is 0 Å². The van der Waals surface area contributed by atoms with Gasteiger partial charge >= 0.3 is 0 Å². The lowest BCUT2D eigenvalue weighted by Crippen LogP contribution is -2.35. The number of likely N-dealkylation sites (tertiary alicyclic amines) is 1. The molecule has 18 heavy (non-hydrogen) atoms. The van der Waals surface area contributed by atoms with E-state index in [2.05, 4.69) is 10.00 Å². The molecule has 0 aromatic carbocycles. The SMILES string of the molecule is OCCCCCN1CCC(n2cc(Cl)cn2)CC1. The van der Waals surface area contributed by atoms with E-state index in [4.69, 9.17) is 16.7 Å². The second kappa shape index (κ2) is 7.12. The van der Waals surface area contributed by atoms with Gasteiger partial charge in [-0.1, -0.05) is 11.6 Å². The van der Waals surface area contributed by atoms with E-state index in [1.54, 1.807) is 6.20 Å². The van der Waals surface area contributed by atoms with Crippen LogP contribution in [-0.2, 0) is 0 Å². The van der Waals surface area contributed by atoms with Crippen LogP contribution in [0.4, 0.5) is 0 Å². The summed E-state index contributed by atoms with van der Waals surface area (Å²) >= 11 is 5.89. The predicted molar refractivity (Wildman–Crippen MR) is 72.9 cm³/mol. The molecule has 0 amide bonds. The third-order valence-electron chi connectivity index (χ3n) is 3.63. The number of nitrogens with zero attached hydrogens (tertiary/aromatic N) is 3. The molecule has 1 saturated heterocycles. The van der Waals surface area contributed by atoms with Crippen LogP contribution in [0.15, 0.2) is 12.4 Å². The number of rotatable bonds is 6. The Hall–Kier alpha value is -0.580. The van der Waals surface area contributed by atoms with Crippen molar-refractivity contribution in [1.82, 2.24) is 14.7 Å². The highest BCUT2D eigenvalue weighted by atomic mass is 35.5. The molecule has 0 aliphatic carbocycles. The highest BCUT2D eigenvalue weighted by molar-refractivity contribution is 6.30. The molecule has 1 aliphatic heterocycles. The van der Waals surface area contributed by atoms with Gasteiger partial charge in [0.25, 0.3) is 0 Å². The standard InChI is InChI=1S/C13H22ClN3O/c14-12-10-15-17(11-12)13-4-7-16(8-5-13)6-2-1-3-9-18/h10-11,13,18H,1-9H2. The number of aromatic nitrogens is 2. The van der Waals surface area contributed by atoms with Crippen molar-refractivity contribution in [2.24, 2.45) is 0 Å². The lowest BCUT2D eigenvalue weighted by atomic mass is 10.0. The fraction of sp³-hybridized carbons (Fsp3) is 0.769. The van der Waals surface area contributed by atoms with Crippen LogP contribution in [0.5, 0.6) is 0 Å². The van der Waals surface area contributed by atoms with Gasteiger partial charge in [0.1, 0.15) is 0 Å². The minimum atomic E-state index is 0.322. The van der Waals surface area contributed by atoms with Crippen molar-refractivity contribution < 1.29 is 5.11 Å². The average molecular weight is 272 g/mol. The monoisotopic (exact) mass is 271 g/mol. The zero-order chi connectivity index (χ0) is 12.8. The lowest BCUT2D eigenvalue weighted by Gasteiger charge is -2.32. The maximum atomic E-state index is 8.73. The summed E-state index contributed by atoms with van der Waals surface area (Å²) in [6.45, 7) is 3.76. The first-order valence-electron chi connectivity index (χ1n) is 6.82. The van der Waals surface area contributed by atoms with Crippen LogP contribution in [0.2, 0.25) is 5.02 Å². The van der Waals surface area contributed by atoms with Gasteiger partial charge in [-0.25, -0.2) is 0 Å². The first-order valence-corrected chi connectivity index (χ1v) is 7.20. The van der Waals surface area contributed by atoms with Gasteiger partial charge in [0.2, 0.25) is 0 Å². The predicted octanol–water partition coefficient (Wildman–Crippen LogP) is 2.34. The first-order chi connectivity index (χ1) is 8.79. The summed E-state index contributed by atoms with van der Waals surface area (Å²) in [5, 5.41) is 13.7. The number of unbranched alkanes of at least 4 members (excludes halogenated alkanes) is 2. The van der Waals surface area contributed by atoms with Crippen LogP contribution < -0.4 is 0 Å². The van der Waals surface area contributed by atoms with Crippen molar-refractivity contribution >= 4 is 11.6 Å². The largest absolute Gasteiger partial charge is 0.396 e. The normalized spacial score (nSPS) is 18.3. The van der Waals surface area contributed by atoms with Crippen LogP contribution in [0.1, 0.15) is 38.1 Å². The highest BCUT2D eigenvalue weighted by Crippen LogP contribution is 2.23. The minimum absolute atomic E-state index is 0.322. The molecule has 0 atom stereocenters. The van der Waals surface area contributed by atoms with Crippen molar-refractivity contribution in [3.63, 3.8) is 0 Å². The second-order valence-corrected chi connectivity index (χ2v) is 5.43. The van der Waals surface area contributed by atoms with E-state index in [9.17, 15) is 0 Å². The van der Waals surface area contributed by atoms with Gasteiger partial charge in [0.15, 0.2) is 0 Å². The van der Waals surface area contributed by atoms with Gasteiger partial charge in [-0.2, -0.15) is 5.10 Å². The molecule has 1 N–H and O–H groups in total. The van der Waals surface area contributed by atoms with Gasteiger partial charge in [0.05, 0.1) is 17.3 Å². The van der Waals surface area contributed by atoms with Crippen molar-refractivity contribution in [3.05, 3.63) is 17.4 Å². The molecule has 2 rings (SSSR count). The van der Waals surface area contributed by atoms with Gasteiger partial charge in [0, 0.05) is 25.9 Å². The molecule has 0 unspecified atom stereocenters. The summed E-state index contributed by atoms with van der Waals surface area (Å²) in [6, 6.07) is 0.506. The van der Waals surface area contributed by atoms with Crippen molar-refractivity contribution in [2.75, 3.05) is 26.2 Å². The fourth-order valence-corrected chi connectivity index (χ4v) is 2.69. The zero-order valence-corrected chi connectivity index (χ0v) is 11.5. The Morgan fingerprint density at radius 2 is 2.06 bits per heavy atom. The summed E-state index contributed by atoms with van der Waals surface area (Å²) in [5.74, 6) is 0. The van der Waals surface area contributed by atoms with Gasteiger partial charge < -0.3 is 10.0 Å². The number of aliphatic hydroxyl groups is 1. The van der Waals surface area contributed by atoms with Crippen molar-refractivity contribution in [3.8, 4) is 0 Å². The molecule has 2 heterocycles. The molecule has 1 aromatic rings.